The molecule has 0 heterocycles. The third kappa shape index (κ3) is 2.90. The molecule has 2 aliphatic rings. The molecule has 20 heavy (non-hydrogen) atoms. The summed E-state index contributed by atoms with van der Waals surface area (Å²) in [4.78, 5) is 0. The van der Waals surface area contributed by atoms with Gasteiger partial charge in [0.15, 0.2) is 0 Å². The molecule has 0 bridgehead atoms. The zero-order valence-electron chi connectivity index (χ0n) is 13.0. The Morgan fingerprint density at radius 3 is 2.15 bits per heavy atom. The zero-order chi connectivity index (χ0) is 14.8. The lowest BCUT2D eigenvalue weighted by atomic mass is 9.77. The molecular weight excluding hydrogens is 272 g/mol. The average Bonchev–Trinajstić information content (AvgIpc) is 2.96. The highest BCUT2D eigenvalue weighted by Gasteiger charge is 2.46. The van der Waals surface area contributed by atoms with Gasteiger partial charge in [-0.15, -0.1) is 0 Å². The molecule has 0 radical (unpaired) electrons. The van der Waals surface area contributed by atoms with Crippen molar-refractivity contribution >= 4 is 10.0 Å². The molecule has 2 aliphatic carbocycles. The van der Waals surface area contributed by atoms with Gasteiger partial charge in [-0.05, 0) is 44.4 Å². The van der Waals surface area contributed by atoms with Gasteiger partial charge in [-0.1, -0.05) is 26.7 Å². The van der Waals surface area contributed by atoms with Crippen molar-refractivity contribution in [3.05, 3.63) is 0 Å². The monoisotopic (exact) mass is 302 g/mol. The minimum Gasteiger partial charge on any atom is -0.329 e. The van der Waals surface area contributed by atoms with E-state index in [-0.39, 0.29) is 10.8 Å². The van der Waals surface area contributed by atoms with Crippen LogP contribution in [0.5, 0.6) is 0 Å². The summed E-state index contributed by atoms with van der Waals surface area (Å²) in [6.07, 6.45) is 7.78. The third-order valence-electron chi connectivity index (χ3n) is 5.43. The Labute approximate surface area is 124 Å². The summed E-state index contributed by atoms with van der Waals surface area (Å²) in [7, 11) is -3.19. The predicted molar refractivity (Wildman–Crippen MR) is 83.0 cm³/mol. The molecule has 0 aromatic heterocycles. The van der Waals surface area contributed by atoms with Crippen LogP contribution < -0.4 is 5.73 Å². The Kier molecular flexibility index (Phi) is 5.14. The second-order valence-corrected chi connectivity index (χ2v) is 8.86. The molecule has 4 nitrogen and oxygen atoms in total. The van der Waals surface area contributed by atoms with Gasteiger partial charge >= 0.3 is 0 Å². The van der Waals surface area contributed by atoms with Crippen molar-refractivity contribution in [3.63, 3.8) is 0 Å². The van der Waals surface area contributed by atoms with Crippen LogP contribution in [0.25, 0.3) is 0 Å². The summed E-state index contributed by atoms with van der Waals surface area (Å²) in [6.45, 7) is 5.23. The maximum atomic E-state index is 13.0. The number of hydrogen-bond acceptors (Lipinski definition) is 3. The molecule has 0 unspecified atom stereocenters. The lowest BCUT2D eigenvalue weighted by Gasteiger charge is -2.46. The Balaban J connectivity index is 2.25. The maximum Gasteiger partial charge on any atom is 0.217 e. The number of hydrogen-bond donors (Lipinski definition) is 1. The van der Waals surface area contributed by atoms with E-state index in [0.29, 0.717) is 19.0 Å². The van der Waals surface area contributed by atoms with E-state index in [9.17, 15) is 8.42 Å². The fourth-order valence-corrected chi connectivity index (χ4v) is 6.45. The van der Waals surface area contributed by atoms with Crippen LogP contribution in [0.1, 0.15) is 65.2 Å². The molecule has 0 aromatic rings. The molecule has 118 valence electrons. The van der Waals surface area contributed by atoms with Crippen LogP contribution >= 0.6 is 0 Å². The Morgan fingerprint density at radius 1 is 1.15 bits per heavy atom. The first-order chi connectivity index (χ1) is 9.46. The lowest BCUT2D eigenvalue weighted by molar-refractivity contribution is 0.119. The summed E-state index contributed by atoms with van der Waals surface area (Å²) in [5.74, 6) is 0.697. The van der Waals surface area contributed by atoms with Gasteiger partial charge in [0.05, 0.1) is 5.25 Å². The summed E-state index contributed by atoms with van der Waals surface area (Å²) in [6, 6.07) is 0. The van der Waals surface area contributed by atoms with Gasteiger partial charge in [-0.2, -0.15) is 4.31 Å². The van der Waals surface area contributed by atoms with Gasteiger partial charge in [0.25, 0.3) is 0 Å². The molecule has 0 aromatic carbocycles. The molecule has 0 spiro atoms. The highest BCUT2D eigenvalue weighted by Crippen LogP contribution is 2.39. The van der Waals surface area contributed by atoms with Crippen LogP contribution in [0.15, 0.2) is 0 Å². The first-order valence-electron chi connectivity index (χ1n) is 8.18. The number of sulfonamides is 1. The van der Waals surface area contributed by atoms with Gasteiger partial charge in [0.1, 0.15) is 0 Å². The van der Waals surface area contributed by atoms with Crippen molar-refractivity contribution in [2.45, 2.75) is 76.0 Å². The molecule has 0 aliphatic heterocycles. The summed E-state index contributed by atoms with van der Waals surface area (Å²) < 4.78 is 27.7. The van der Waals surface area contributed by atoms with E-state index in [4.69, 9.17) is 5.73 Å². The molecule has 2 fully saturated rings. The Bertz CT molecular complexity index is 408. The summed E-state index contributed by atoms with van der Waals surface area (Å²) >= 11 is 0. The Morgan fingerprint density at radius 2 is 1.70 bits per heavy atom. The molecule has 0 amide bonds. The Hall–Kier alpha value is -0.130. The first-order valence-corrected chi connectivity index (χ1v) is 9.68. The third-order valence-corrected chi connectivity index (χ3v) is 8.01. The van der Waals surface area contributed by atoms with Crippen molar-refractivity contribution in [2.75, 3.05) is 13.1 Å². The van der Waals surface area contributed by atoms with Gasteiger partial charge in [0.2, 0.25) is 10.0 Å². The van der Waals surface area contributed by atoms with Gasteiger partial charge < -0.3 is 5.73 Å². The molecule has 2 N–H and O–H groups in total. The van der Waals surface area contributed by atoms with E-state index in [2.05, 4.69) is 6.92 Å². The van der Waals surface area contributed by atoms with Crippen LogP contribution in [0.2, 0.25) is 0 Å². The lowest BCUT2D eigenvalue weighted by Crippen LogP contribution is -2.59. The van der Waals surface area contributed by atoms with Crippen molar-refractivity contribution in [3.8, 4) is 0 Å². The van der Waals surface area contributed by atoms with Crippen molar-refractivity contribution in [1.29, 1.82) is 0 Å². The highest BCUT2D eigenvalue weighted by molar-refractivity contribution is 7.89. The topological polar surface area (TPSA) is 63.4 Å². The minimum atomic E-state index is -3.19. The number of nitrogens with zero attached hydrogens (tertiary/aromatic N) is 1. The van der Waals surface area contributed by atoms with Crippen LogP contribution in [0.4, 0.5) is 0 Å². The highest BCUT2D eigenvalue weighted by atomic mass is 32.2. The molecule has 2 saturated carbocycles. The number of likely N-dealkylation sites (N-methyl/N-ethyl adjacent to an activating group) is 1. The second-order valence-electron chi connectivity index (χ2n) is 6.73. The minimum absolute atomic E-state index is 0.162. The summed E-state index contributed by atoms with van der Waals surface area (Å²) in [5, 5.41) is -0.162. The largest absolute Gasteiger partial charge is 0.329 e. The van der Waals surface area contributed by atoms with Crippen LogP contribution in [0.3, 0.4) is 0 Å². The second kappa shape index (κ2) is 6.32. The smallest absolute Gasteiger partial charge is 0.217 e. The van der Waals surface area contributed by atoms with E-state index in [1.165, 1.54) is 0 Å². The van der Waals surface area contributed by atoms with E-state index >= 15 is 0 Å². The SMILES string of the molecule is CCN(C1(CN)CCC(C)CC1)S(=O)(=O)C1CCCC1. The van der Waals surface area contributed by atoms with Gasteiger partial charge in [-0.25, -0.2) is 8.42 Å². The first kappa shape index (κ1) is 16.2. The molecule has 2 rings (SSSR count). The van der Waals surface area contributed by atoms with Gasteiger partial charge in [0, 0.05) is 18.6 Å². The molecule has 0 atom stereocenters. The summed E-state index contributed by atoms with van der Waals surface area (Å²) in [5.41, 5.74) is 5.73. The standard InChI is InChI=1S/C15H30N2O2S/c1-3-17(20(18,19)14-6-4-5-7-14)15(12-16)10-8-13(2)9-11-15/h13-14H,3-12,16H2,1-2H3. The predicted octanol–water partition coefficient (Wildman–Crippen LogP) is 2.49. The number of nitrogens with two attached hydrogens (primary N) is 1. The van der Waals surface area contributed by atoms with E-state index in [0.717, 1.165) is 51.4 Å². The van der Waals surface area contributed by atoms with Crippen molar-refractivity contribution < 1.29 is 8.42 Å². The van der Waals surface area contributed by atoms with E-state index in [1.54, 1.807) is 4.31 Å². The normalized spacial score (nSPS) is 32.9. The number of rotatable bonds is 5. The molecular formula is C15H30N2O2S. The fourth-order valence-electron chi connectivity index (χ4n) is 4.01. The van der Waals surface area contributed by atoms with Crippen molar-refractivity contribution in [1.82, 2.24) is 4.31 Å². The maximum absolute atomic E-state index is 13.0. The fraction of sp³-hybridized carbons (Fsp3) is 1.00. The van der Waals surface area contributed by atoms with E-state index in [1.807, 2.05) is 6.92 Å². The van der Waals surface area contributed by atoms with Gasteiger partial charge in [-0.3, -0.25) is 0 Å². The molecule has 0 saturated heterocycles. The van der Waals surface area contributed by atoms with Crippen LogP contribution in [-0.4, -0.2) is 36.6 Å². The van der Waals surface area contributed by atoms with E-state index < -0.39 is 10.0 Å². The van der Waals surface area contributed by atoms with Crippen LogP contribution in [0, 0.1) is 5.92 Å². The average molecular weight is 302 g/mol. The zero-order valence-corrected chi connectivity index (χ0v) is 13.8. The molecule has 5 heteroatoms. The van der Waals surface area contributed by atoms with Crippen LogP contribution in [-0.2, 0) is 10.0 Å². The quantitative estimate of drug-likeness (QED) is 0.848. The van der Waals surface area contributed by atoms with Crippen molar-refractivity contribution in [2.24, 2.45) is 11.7 Å².